The molecule has 0 aromatic carbocycles. The minimum absolute atomic E-state index is 0.164. The van der Waals surface area contributed by atoms with Crippen molar-refractivity contribution in [1.29, 1.82) is 0 Å². The van der Waals surface area contributed by atoms with Crippen LogP contribution in [-0.4, -0.2) is 33.6 Å². The maximum Gasteiger partial charge on any atom is 0.321 e. The normalized spacial score (nSPS) is 23.6. The summed E-state index contributed by atoms with van der Waals surface area (Å²) >= 11 is 6.93. The second-order valence-corrected chi connectivity index (χ2v) is 8.21. The standard InChI is InChI=1S/C18H33NO2S2/c1-3-4-5-6-7-8-9-10-11-14(2)15(12-22)17-19-16(13-23-17)18(20)21/h12,14-17,19H,3-11,13H2,1-2H3,(H,20,21). The van der Waals surface area contributed by atoms with Crippen LogP contribution in [0.2, 0.25) is 0 Å². The van der Waals surface area contributed by atoms with Crippen molar-refractivity contribution < 1.29 is 9.90 Å². The summed E-state index contributed by atoms with van der Waals surface area (Å²) in [4.78, 5) is 11.1. The first kappa shape index (κ1) is 20.9. The monoisotopic (exact) mass is 359 g/mol. The minimum Gasteiger partial charge on any atom is -0.480 e. The van der Waals surface area contributed by atoms with Crippen LogP contribution in [0.25, 0.3) is 0 Å². The lowest BCUT2D eigenvalue weighted by atomic mass is 9.90. The Bertz CT molecular complexity index is 352. The Morgan fingerprint density at radius 2 is 1.87 bits per heavy atom. The van der Waals surface area contributed by atoms with Crippen LogP contribution in [0.4, 0.5) is 0 Å². The van der Waals surface area contributed by atoms with Crippen molar-refractivity contribution in [1.82, 2.24) is 5.32 Å². The predicted octanol–water partition coefficient (Wildman–Crippen LogP) is 4.88. The molecule has 1 aliphatic rings. The Balaban J connectivity index is 2.18. The summed E-state index contributed by atoms with van der Waals surface area (Å²) in [5.74, 6) is 0.692. The molecule has 1 fully saturated rings. The molecule has 134 valence electrons. The molecule has 23 heavy (non-hydrogen) atoms. The lowest BCUT2D eigenvalue weighted by molar-refractivity contribution is -0.138. The number of carboxylic acid groups (broad SMARTS) is 1. The number of hydrogen-bond acceptors (Lipinski definition) is 4. The molecule has 0 aliphatic carbocycles. The van der Waals surface area contributed by atoms with Crippen molar-refractivity contribution in [2.45, 2.75) is 83.1 Å². The Labute approximate surface area is 151 Å². The van der Waals surface area contributed by atoms with E-state index in [1.807, 2.05) is 5.37 Å². The summed E-state index contributed by atoms with van der Waals surface area (Å²) < 4.78 is 0. The first-order valence-electron chi connectivity index (χ1n) is 9.15. The van der Waals surface area contributed by atoms with E-state index in [-0.39, 0.29) is 11.3 Å². The van der Waals surface area contributed by atoms with Crippen LogP contribution in [-0.2, 0) is 4.79 Å². The van der Waals surface area contributed by atoms with Gasteiger partial charge in [0.25, 0.3) is 0 Å². The predicted molar refractivity (Wildman–Crippen MR) is 104 cm³/mol. The van der Waals surface area contributed by atoms with Crippen molar-refractivity contribution in [3.05, 3.63) is 0 Å². The molecule has 5 heteroatoms. The van der Waals surface area contributed by atoms with E-state index in [2.05, 4.69) is 19.2 Å². The maximum absolute atomic E-state index is 11.1. The molecule has 3 nitrogen and oxygen atoms in total. The highest BCUT2D eigenvalue weighted by Crippen LogP contribution is 2.31. The third-order valence-corrected chi connectivity index (χ3v) is 6.43. The van der Waals surface area contributed by atoms with Gasteiger partial charge in [-0.2, -0.15) is 0 Å². The Morgan fingerprint density at radius 3 is 2.39 bits per heavy atom. The van der Waals surface area contributed by atoms with Crippen molar-refractivity contribution in [3.63, 3.8) is 0 Å². The van der Waals surface area contributed by atoms with Gasteiger partial charge in [-0.25, -0.2) is 0 Å². The van der Waals surface area contributed by atoms with Gasteiger partial charge in [0.15, 0.2) is 0 Å². The third-order valence-electron chi connectivity index (χ3n) is 4.78. The van der Waals surface area contributed by atoms with Crippen LogP contribution in [0.15, 0.2) is 0 Å². The van der Waals surface area contributed by atoms with Gasteiger partial charge in [0, 0.05) is 11.7 Å². The summed E-state index contributed by atoms with van der Waals surface area (Å²) in [6, 6.07) is -0.419. The Hall–Kier alpha value is -0.130. The van der Waals surface area contributed by atoms with Crippen LogP contribution in [0, 0.1) is 11.8 Å². The van der Waals surface area contributed by atoms with Gasteiger partial charge in [0.1, 0.15) is 6.04 Å². The van der Waals surface area contributed by atoms with E-state index in [1.54, 1.807) is 11.8 Å². The van der Waals surface area contributed by atoms with E-state index in [0.717, 1.165) is 0 Å². The molecular formula is C18H33NO2S2. The van der Waals surface area contributed by atoms with Gasteiger partial charge >= 0.3 is 5.97 Å². The summed E-state index contributed by atoms with van der Waals surface area (Å²) in [6.07, 6.45) is 11.9. The fourth-order valence-corrected chi connectivity index (χ4v) is 5.15. The highest BCUT2D eigenvalue weighted by Gasteiger charge is 2.35. The number of aliphatic carboxylic acids is 1. The molecule has 0 amide bonds. The zero-order chi connectivity index (χ0) is 17.1. The van der Waals surface area contributed by atoms with Gasteiger partial charge in [-0.3, -0.25) is 10.1 Å². The van der Waals surface area contributed by atoms with Gasteiger partial charge in [-0.05, 0) is 11.3 Å². The van der Waals surface area contributed by atoms with E-state index in [0.29, 0.717) is 11.7 Å². The topological polar surface area (TPSA) is 49.3 Å². The number of carbonyl (C=O) groups is 1. The van der Waals surface area contributed by atoms with E-state index >= 15 is 0 Å². The molecule has 0 aromatic heterocycles. The Morgan fingerprint density at radius 1 is 1.26 bits per heavy atom. The fourth-order valence-electron chi connectivity index (χ4n) is 3.16. The molecule has 1 aliphatic heterocycles. The average molecular weight is 360 g/mol. The molecule has 1 rings (SSSR count). The quantitative estimate of drug-likeness (QED) is 0.362. The van der Waals surface area contributed by atoms with Gasteiger partial charge in [0.05, 0.1) is 5.37 Å². The number of rotatable bonds is 13. The van der Waals surface area contributed by atoms with Crippen LogP contribution >= 0.6 is 24.0 Å². The van der Waals surface area contributed by atoms with Gasteiger partial charge in [0.2, 0.25) is 0 Å². The average Bonchev–Trinajstić information content (AvgIpc) is 3.00. The SMILES string of the molecule is CCCCCCCCCCC(C)C(C=S)C1NC(C(=O)O)CS1. The highest BCUT2D eigenvalue weighted by molar-refractivity contribution is 8.00. The first-order chi connectivity index (χ1) is 11.1. The molecule has 0 aromatic rings. The molecule has 1 heterocycles. The molecule has 0 bridgehead atoms. The smallest absolute Gasteiger partial charge is 0.321 e. The zero-order valence-corrected chi connectivity index (χ0v) is 16.3. The van der Waals surface area contributed by atoms with E-state index in [9.17, 15) is 4.79 Å². The molecule has 1 saturated heterocycles. The molecule has 2 N–H and O–H groups in total. The van der Waals surface area contributed by atoms with Gasteiger partial charge < -0.3 is 5.11 Å². The first-order valence-corrected chi connectivity index (χ1v) is 10.7. The van der Waals surface area contributed by atoms with E-state index < -0.39 is 12.0 Å². The lowest BCUT2D eigenvalue weighted by Gasteiger charge is -2.25. The van der Waals surface area contributed by atoms with E-state index in [1.165, 1.54) is 57.8 Å². The minimum atomic E-state index is -0.751. The molecule has 4 unspecified atom stereocenters. The van der Waals surface area contributed by atoms with Crippen LogP contribution < -0.4 is 5.32 Å². The number of thioether (sulfide) groups is 1. The highest BCUT2D eigenvalue weighted by atomic mass is 32.2. The van der Waals surface area contributed by atoms with Crippen molar-refractivity contribution in [3.8, 4) is 0 Å². The summed E-state index contributed by atoms with van der Waals surface area (Å²) in [5, 5.41) is 14.3. The van der Waals surface area contributed by atoms with E-state index in [4.69, 9.17) is 17.3 Å². The summed E-state index contributed by atoms with van der Waals surface area (Å²) in [5.41, 5.74) is 0. The van der Waals surface area contributed by atoms with Crippen LogP contribution in [0.5, 0.6) is 0 Å². The molecule has 0 spiro atoms. The second-order valence-electron chi connectivity index (χ2n) is 6.77. The van der Waals surface area contributed by atoms with Crippen molar-refractivity contribution in [2.75, 3.05) is 5.75 Å². The fraction of sp³-hybridized carbons (Fsp3) is 0.889. The van der Waals surface area contributed by atoms with Crippen molar-refractivity contribution >= 4 is 35.3 Å². The molecule has 0 radical (unpaired) electrons. The molecule has 4 atom stereocenters. The maximum atomic E-state index is 11.1. The number of hydrogen-bond donors (Lipinski definition) is 2. The number of carboxylic acids is 1. The summed E-state index contributed by atoms with van der Waals surface area (Å²) in [6.45, 7) is 4.51. The van der Waals surface area contributed by atoms with Crippen molar-refractivity contribution in [2.24, 2.45) is 11.8 Å². The number of thiocarbonyl (C=S) groups is 1. The largest absolute Gasteiger partial charge is 0.480 e. The zero-order valence-electron chi connectivity index (χ0n) is 14.6. The van der Waals surface area contributed by atoms with Crippen LogP contribution in [0.1, 0.15) is 71.6 Å². The lowest BCUT2D eigenvalue weighted by Crippen LogP contribution is -2.41. The Kier molecular flexibility index (Phi) is 11.2. The third kappa shape index (κ3) is 7.99. The summed E-state index contributed by atoms with van der Waals surface area (Å²) in [7, 11) is 0. The molecular weight excluding hydrogens is 326 g/mol. The van der Waals surface area contributed by atoms with Gasteiger partial charge in [-0.15, -0.1) is 11.8 Å². The number of nitrogens with one attached hydrogen (secondary N) is 1. The second kappa shape index (κ2) is 12.3. The molecule has 0 saturated carbocycles. The van der Waals surface area contributed by atoms with Gasteiger partial charge in [-0.1, -0.05) is 83.9 Å². The van der Waals surface area contributed by atoms with Crippen LogP contribution in [0.3, 0.4) is 0 Å². The number of unbranched alkanes of at least 4 members (excludes halogenated alkanes) is 7.